The number of nitrogens with two attached hydrogens (primary N) is 1. The maximum atomic E-state index is 13.4. The Morgan fingerprint density at radius 1 is 0.950 bits per heavy atom. The van der Waals surface area contributed by atoms with E-state index in [1.807, 2.05) is 33.8 Å². The zero-order valence-corrected chi connectivity index (χ0v) is 24.6. The minimum Gasteiger partial charge on any atom is -0.441 e. The summed E-state index contributed by atoms with van der Waals surface area (Å²) in [6, 6.07) is 0. The van der Waals surface area contributed by atoms with Gasteiger partial charge in [-0.05, 0) is 37.8 Å². The zero-order chi connectivity index (χ0) is 30.1. The monoisotopic (exact) mass is 558 g/mol. The zero-order valence-electron chi connectivity index (χ0n) is 24.6. The highest BCUT2D eigenvalue weighted by molar-refractivity contribution is 6.22. The molecule has 2 aliphatic rings. The van der Waals surface area contributed by atoms with Crippen molar-refractivity contribution in [2.24, 2.45) is 23.5 Å². The molecule has 0 aromatic heterocycles. The quantitative estimate of drug-likeness (QED) is 0.395. The second kappa shape index (κ2) is 14.9. The molecule has 1 heterocycles. The van der Waals surface area contributed by atoms with Gasteiger partial charge in [0.05, 0.1) is 24.0 Å². The van der Waals surface area contributed by atoms with Crippen LogP contribution >= 0.6 is 0 Å². The predicted molar refractivity (Wildman–Crippen MR) is 150 cm³/mol. The van der Waals surface area contributed by atoms with Gasteiger partial charge in [0.25, 0.3) is 5.91 Å². The summed E-state index contributed by atoms with van der Waals surface area (Å²) in [4.78, 5) is 50.5. The highest BCUT2D eigenvalue weighted by atomic mass is 16.6. The molecule has 0 radical (unpaired) electrons. The lowest BCUT2D eigenvalue weighted by atomic mass is 9.83. The van der Waals surface area contributed by atoms with Crippen molar-refractivity contribution in [3.63, 3.8) is 0 Å². The van der Waals surface area contributed by atoms with Crippen LogP contribution in [0.2, 0.25) is 0 Å². The van der Waals surface area contributed by atoms with E-state index < -0.39 is 48.0 Å². The molecule has 10 nitrogen and oxygen atoms in total. The van der Waals surface area contributed by atoms with Gasteiger partial charge in [-0.15, -0.1) is 0 Å². The fourth-order valence-electron chi connectivity index (χ4n) is 5.27. The van der Waals surface area contributed by atoms with Crippen LogP contribution in [0.25, 0.3) is 0 Å². The van der Waals surface area contributed by atoms with Crippen LogP contribution < -0.4 is 11.1 Å². The number of carbonyl (C=O) groups is 4. The average molecular weight is 559 g/mol. The Morgan fingerprint density at radius 3 is 2.20 bits per heavy atom. The van der Waals surface area contributed by atoms with Gasteiger partial charge >= 0.3 is 6.09 Å². The normalized spacial score (nSPS) is 34.4. The smallest absolute Gasteiger partial charge is 0.405 e. The van der Waals surface area contributed by atoms with Crippen LogP contribution in [0.3, 0.4) is 0 Å². The van der Waals surface area contributed by atoms with E-state index in [1.165, 1.54) is 13.2 Å². The highest BCUT2D eigenvalue weighted by Crippen LogP contribution is 2.30. The van der Waals surface area contributed by atoms with Crippen molar-refractivity contribution < 1.29 is 38.1 Å². The number of hydrogen-bond acceptors (Lipinski definition) is 8. The van der Waals surface area contributed by atoms with Crippen LogP contribution in [0.15, 0.2) is 58.9 Å². The number of amides is 2. The molecule has 2 bridgehead atoms. The lowest BCUT2D eigenvalue weighted by Gasteiger charge is -2.34. The SMILES string of the molecule is CO[C@@H]1[C@H](C)/C=C(\C)[C@@H](OC(N)=O)[C@@H](C)/C=C/C=C(\C)C(=O)NC2=CC(=O)C=C(C2=O)[C@@H](OC)[C@@H](C)C[C@H]1OC. The first-order chi connectivity index (χ1) is 18.8. The Bertz CT molecular complexity index is 1130. The number of rotatable bonds is 4. The maximum Gasteiger partial charge on any atom is 0.405 e. The van der Waals surface area contributed by atoms with Gasteiger partial charge in [-0.25, -0.2) is 4.79 Å². The van der Waals surface area contributed by atoms with E-state index in [-0.39, 0.29) is 29.0 Å². The van der Waals surface area contributed by atoms with Crippen molar-refractivity contribution in [1.82, 2.24) is 5.32 Å². The van der Waals surface area contributed by atoms with Crippen molar-refractivity contribution >= 4 is 23.6 Å². The first-order valence-electron chi connectivity index (χ1n) is 13.3. The van der Waals surface area contributed by atoms with Crippen molar-refractivity contribution in [3.8, 4) is 0 Å². The van der Waals surface area contributed by atoms with E-state index in [0.29, 0.717) is 12.0 Å². The topological polar surface area (TPSA) is 143 Å². The number of nitrogens with one attached hydrogen (secondary N) is 1. The van der Waals surface area contributed by atoms with Gasteiger partial charge in [-0.3, -0.25) is 14.4 Å². The molecule has 220 valence electrons. The van der Waals surface area contributed by atoms with E-state index in [0.717, 1.165) is 11.6 Å². The van der Waals surface area contributed by atoms with Crippen LogP contribution in [0.5, 0.6) is 0 Å². The van der Waals surface area contributed by atoms with Gasteiger partial charge in [0, 0.05) is 50.4 Å². The number of ketones is 2. The highest BCUT2D eigenvalue weighted by Gasteiger charge is 2.36. The molecule has 2 amide bonds. The molecule has 40 heavy (non-hydrogen) atoms. The van der Waals surface area contributed by atoms with Crippen LogP contribution in [0, 0.1) is 17.8 Å². The molecule has 0 aromatic rings. The number of fused-ring (bicyclic) bond motifs is 2. The largest absolute Gasteiger partial charge is 0.441 e. The van der Waals surface area contributed by atoms with E-state index in [1.54, 1.807) is 39.4 Å². The molecule has 7 atom stereocenters. The standard InChI is InChI=1S/C30H42N2O8/c1-16-10-9-11-17(2)29(35)32-23-15-21(33)14-22(25(23)34)27(38-7)20(5)13-24(37-6)28(39-8)19(4)12-18(3)26(16)40-30(31)36/h9-12,14-16,19-20,24,26-28H,13H2,1-8H3,(H2,31,36)(H,32,35)/b10-9+,17-11+,18-12+/t16-,19+,20-,24+,26-,27-,28+/m0/s1. The number of carbonyl (C=O) groups excluding carboxylic acids is 4. The number of ether oxygens (including phenoxy) is 4. The Morgan fingerprint density at radius 2 is 1.62 bits per heavy atom. The Kier molecular flexibility index (Phi) is 12.2. The summed E-state index contributed by atoms with van der Waals surface area (Å²) in [5.74, 6) is -2.19. The molecule has 10 heteroatoms. The molecule has 0 saturated carbocycles. The molecule has 1 aliphatic carbocycles. The fourth-order valence-corrected chi connectivity index (χ4v) is 5.27. The van der Waals surface area contributed by atoms with E-state index in [9.17, 15) is 19.2 Å². The lowest BCUT2D eigenvalue weighted by molar-refractivity contribution is -0.120. The summed E-state index contributed by atoms with van der Waals surface area (Å²) in [5.41, 5.74) is 6.49. The molecule has 1 aliphatic heterocycles. The van der Waals surface area contributed by atoms with Crippen LogP contribution in [0.4, 0.5) is 4.79 Å². The molecule has 0 spiro atoms. The second-order valence-electron chi connectivity index (χ2n) is 10.4. The van der Waals surface area contributed by atoms with Crippen LogP contribution in [-0.4, -0.2) is 69.3 Å². The van der Waals surface area contributed by atoms with Crippen molar-refractivity contribution in [1.29, 1.82) is 0 Å². The number of methoxy groups -OCH3 is 3. The molecule has 3 N–H and O–H groups in total. The summed E-state index contributed by atoms with van der Waals surface area (Å²) in [6.45, 7) is 9.17. The first-order valence-corrected chi connectivity index (χ1v) is 13.3. The number of primary amides is 1. The summed E-state index contributed by atoms with van der Waals surface area (Å²) in [7, 11) is 4.64. The van der Waals surface area contributed by atoms with Crippen molar-refractivity contribution in [2.75, 3.05) is 21.3 Å². The van der Waals surface area contributed by atoms with E-state index in [4.69, 9.17) is 24.7 Å². The average Bonchev–Trinajstić information content (AvgIpc) is 2.88. The molecular weight excluding hydrogens is 516 g/mol. The third kappa shape index (κ3) is 8.33. The van der Waals surface area contributed by atoms with E-state index >= 15 is 0 Å². The maximum absolute atomic E-state index is 13.4. The Balaban J connectivity index is 2.62. The molecule has 0 fully saturated rings. The van der Waals surface area contributed by atoms with Gasteiger partial charge in [-0.1, -0.05) is 45.1 Å². The van der Waals surface area contributed by atoms with Gasteiger partial charge < -0.3 is 30.0 Å². The number of hydrogen-bond donors (Lipinski definition) is 2. The molecular formula is C30H42N2O8. The summed E-state index contributed by atoms with van der Waals surface area (Å²) >= 11 is 0. The Labute approximate surface area is 236 Å². The molecule has 0 unspecified atom stereocenters. The number of Topliss-reactive ketones (excluding diaryl/α,β-unsaturated/α-hetero) is 1. The number of allylic oxidation sites excluding steroid dienone is 5. The van der Waals surface area contributed by atoms with Gasteiger partial charge in [-0.2, -0.15) is 0 Å². The summed E-state index contributed by atoms with van der Waals surface area (Å²) in [5, 5.41) is 2.56. The van der Waals surface area contributed by atoms with Crippen LogP contribution in [0.1, 0.15) is 41.0 Å². The Hall–Kier alpha value is -3.34. The second-order valence-corrected chi connectivity index (χ2v) is 10.4. The minimum absolute atomic E-state index is 0.119. The van der Waals surface area contributed by atoms with Crippen LogP contribution in [-0.2, 0) is 33.3 Å². The lowest BCUT2D eigenvalue weighted by Crippen LogP contribution is -2.40. The molecule has 0 saturated heterocycles. The van der Waals surface area contributed by atoms with Gasteiger partial charge in [0.15, 0.2) is 5.78 Å². The molecule has 0 aromatic carbocycles. The van der Waals surface area contributed by atoms with Crippen molar-refractivity contribution in [3.05, 3.63) is 58.9 Å². The van der Waals surface area contributed by atoms with Crippen molar-refractivity contribution in [2.45, 2.75) is 65.5 Å². The molecule has 2 rings (SSSR count). The predicted octanol–water partition coefficient (Wildman–Crippen LogP) is 3.33. The van der Waals surface area contributed by atoms with E-state index in [2.05, 4.69) is 5.32 Å². The summed E-state index contributed by atoms with van der Waals surface area (Å²) in [6.07, 6.45) is 6.65. The third-order valence-electron chi connectivity index (χ3n) is 7.29. The van der Waals surface area contributed by atoms with Gasteiger partial charge in [0.2, 0.25) is 5.78 Å². The first kappa shape index (κ1) is 32.9. The summed E-state index contributed by atoms with van der Waals surface area (Å²) < 4.78 is 22.9. The van der Waals surface area contributed by atoms with Gasteiger partial charge in [0.1, 0.15) is 6.10 Å². The third-order valence-corrected chi connectivity index (χ3v) is 7.29. The fraction of sp³-hybridized carbons (Fsp3) is 0.533. The minimum atomic E-state index is -0.902.